The number of nitrogens with one attached hydrogen (secondary N) is 1. The second-order valence-electron chi connectivity index (χ2n) is 6.84. The minimum atomic E-state index is -0.999. The molecule has 7 heteroatoms. The lowest BCUT2D eigenvalue weighted by atomic mass is 9.84. The number of nitrogens with zero attached hydrogens (tertiary/aromatic N) is 1. The van der Waals surface area contributed by atoms with Gasteiger partial charge in [0, 0.05) is 5.41 Å². The zero-order valence-corrected chi connectivity index (χ0v) is 16.4. The van der Waals surface area contributed by atoms with Gasteiger partial charge in [-0.25, -0.2) is 9.78 Å². The molecule has 6 nitrogen and oxygen atoms in total. The maximum atomic E-state index is 12.8. The number of ether oxygens (including phenoxy) is 1. The third-order valence-electron chi connectivity index (χ3n) is 4.17. The third kappa shape index (κ3) is 4.40. The van der Waals surface area contributed by atoms with E-state index in [2.05, 4.69) is 10.3 Å². The largest absolute Gasteiger partial charge is 0.496 e. The van der Waals surface area contributed by atoms with Gasteiger partial charge in [-0.15, -0.1) is 11.3 Å². The number of thiazole rings is 1. The summed E-state index contributed by atoms with van der Waals surface area (Å²) in [4.78, 5) is 28.4. The van der Waals surface area contributed by atoms with Gasteiger partial charge in [0.1, 0.15) is 15.6 Å². The number of hydrogen-bond donors (Lipinski definition) is 2. The summed E-state index contributed by atoms with van der Waals surface area (Å²) in [6.45, 7) is 7.21. The lowest BCUT2D eigenvalue weighted by Gasteiger charge is -2.26. The van der Waals surface area contributed by atoms with Crippen LogP contribution in [0.4, 0.5) is 0 Å². The summed E-state index contributed by atoms with van der Waals surface area (Å²) in [5.41, 5.74) is 0.762. The van der Waals surface area contributed by atoms with Gasteiger partial charge in [-0.2, -0.15) is 0 Å². The van der Waals surface area contributed by atoms with Crippen molar-refractivity contribution in [3.8, 4) is 5.75 Å². The summed E-state index contributed by atoms with van der Waals surface area (Å²) in [5.74, 6) is -0.370. The van der Waals surface area contributed by atoms with Crippen LogP contribution in [0, 0.1) is 12.3 Å². The van der Waals surface area contributed by atoms with Crippen molar-refractivity contribution in [2.45, 2.75) is 40.2 Å². The molecule has 1 aromatic carbocycles. The first-order valence-electron chi connectivity index (χ1n) is 8.29. The molecule has 1 amide bonds. The number of aromatic carboxylic acids is 1. The highest BCUT2D eigenvalue weighted by Gasteiger charge is 2.31. The number of hydrogen-bond acceptors (Lipinski definition) is 5. The summed E-state index contributed by atoms with van der Waals surface area (Å²) in [6, 6.07) is 7.26. The van der Waals surface area contributed by atoms with E-state index in [4.69, 9.17) is 9.84 Å². The molecular weight excluding hydrogens is 352 g/mol. The Balaban J connectivity index is 2.12. The van der Waals surface area contributed by atoms with E-state index in [9.17, 15) is 9.59 Å². The van der Waals surface area contributed by atoms with E-state index in [1.165, 1.54) is 0 Å². The summed E-state index contributed by atoms with van der Waals surface area (Å²) in [7, 11) is 1.61. The minimum Gasteiger partial charge on any atom is -0.496 e. The zero-order valence-electron chi connectivity index (χ0n) is 15.6. The van der Waals surface area contributed by atoms with Crippen molar-refractivity contribution in [3.63, 3.8) is 0 Å². The molecular formula is C19H24N2O4S. The van der Waals surface area contributed by atoms with Gasteiger partial charge in [-0.05, 0) is 31.9 Å². The van der Waals surface area contributed by atoms with Crippen LogP contribution in [0.25, 0.3) is 0 Å². The van der Waals surface area contributed by atoms with Crippen LogP contribution >= 0.6 is 11.3 Å². The Hall–Kier alpha value is -2.41. The Morgan fingerprint density at radius 2 is 2.00 bits per heavy atom. The molecule has 0 fully saturated rings. The number of carbonyl (C=O) groups is 2. The molecule has 2 rings (SSSR count). The van der Waals surface area contributed by atoms with Crippen molar-refractivity contribution in [1.82, 2.24) is 10.3 Å². The fourth-order valence-corrected chi connectivity index (χ4v) is 3.57. The van der Waals surface area contributed by atoms with Gasteiger partial charge >= 0.3 is 5.97 Å². The molecule has 2 N–H and O–H groups in total. The van der Waals surface area contributed by atoms with Crippen LogP contribution in [0.5, 0.6) is 5.75 Å². The number of methoxy groups -OCH3 is 1. The molecule has 140 valence electrons. The fourth-order valence-electron chi connectivity index (χ4n) is 2.66. The monoisotopic (exact) mass is 376 g/mol. The van der Waals surface area contributed by atoms with Crippen molar-refractivity contribution in [3.05, 3.63) is 45.4 Å². The number of carbonyl (C=O) groups excluding carboxylic acids is 1. The zero-order chi connectivity index (χ0) is 19.5. The fraction of sp³-hybridized carbons (Fsp3) is 0.421. The minimum absolute atomic E-state index is 0.124. The van der Waals surface area contributed by atoms with Gasteiger partial charge in [0.05, 0.1) is 18.8 Å². The molecule has 1 aromatic heterocycles. The molecule has 0 aliphatic heterocycles. The van der Waals surface area contributed by atoms with Crippen molar-refractivity contribution in [2.75, 3.05) is 7.11 Å². The van der Waals surface area contributed by atoms with Gasteiger partial charge in [0.2, 0.25) is 5.91 Å². The van der Waals surface area contributed by atoms with E-state index in [1.54, 1.807) is 21.0 Å². The first kappa shape index (κ1) is 19.9. The number of aromatic nitrogens is 1. The molecule has 0 aliphatic rings. The molecule has 0 bridgehead atoms. The summed E-state index contributed by atoms with van der Waals surface area (Å²) in [6.07, 6.45) is 0.521. The van der Waals surface area contributed by atoms with Crippen LogP contribution in [0.15, 0.2) is 24.3 Å². The van der Waals surface area contributed by atoms with Gasteiger partial charge in [0.15, 0.2) is 0 Å². The number of carboxylic acid groups (broad SMARTS) is 1. The van der Waals surface area contributed by atoms with Crippen LogP contribution in [-0.2, 0) is 11.2 Å². The Morgan fingerprint density at radius 1 is 1.35 bits per heavy atom. The average Bonchev–Trinajstić information content (AvgIpc) is 2.97. The molecule has 0 spiro atoms. The molecule has 0 saturated heterocycles. The number of benzene rings is 1. The van der Waals surface area contributed by atoms with Crippen molar-refractivity contribution >= 4 is 23.2 Å². The van der Waals surface area contributed by atoms with Crippen molar-refractivity contribution in [2.24, 2.45) is 5.41 Å². The summed E-state index contributed by atoms with van der Waals surface area (Å²) in [5, 5.41) is 12.7. The standard InChI is InChI=1S/C19H24N2O4S/c1-11-15(17(22)23)26-16(20-11)12(2)21-18(24)19(3,4)10-13-8-6-7-9-14(13)25-5/h6-9,12H,10H2,1-5H3,(H,21,24)(H,22,23). The van der Waals surface area contributed by atoms with E-state index >= 15 is 0 Å². The maximum absolute atomic E-state index is 12.8. The van der Waals surface area contributed by atoms with E-state index in [1.807, 2.05) is 38.1 Å². The van der Waals surface area contributed by atoms with E-state index in [0.717, 1.165) is 22.6 Å². The average molecular weight is 376 g/mol. The number of aryl methyl sites for hydroxylation is 1. The van der Waals surface area contributed by atoms with Gasteiger partial charge < -0.3 is 15.2 Å². The van der Waals surface area contributed by atoms with Crippen LogP contribution in [0.2, 0.25) is 0 Å². The third-order valence-corrected chi connectivity index (χ3v) is 5.49. The molecule has 1 heterocycles. The van der Waals surface area contributed by atoms with E-state index < -0.39 is 11.4 Å². The Labute approximate surface area is 157 Å². The number of amides is 1. The maximum Gasteiger partial charge on any atom is 0.347 e. The first-order valence-corrected chi connectivity index (χ1v) is 9.11. The highest BCUT2D eigenvalue weighted by Crippen LogP contribution is 2.29. The molecule has 2 aromatic rings. The van der Waals surface area contributed by atoms with Crippen LogP contribution in [0.3, 0.4) is 0 Å². The van der Waals surface area contributed by atoms with Gasteiger partial charge in [0.25, 0.3) is 0 Å². The highest BCUT2D eigenvalue weighted by atomic mass is 32.1. The second kappa shape index (κ2) is 7.86. The number of rotatable bonds is 7. The van der Waals surface area contributed by atoms with Gasteiger partial charge in [-0.1, -0.05) is 32.0 Å². The highest BCUT2D eigenvalue weighted by molar-refractivity contribution is 7.13. The number of para-hydroxylation sites is 1. The van der Waals surface area contributed by atoms with Crippen LogP contribution < -0.4 is 10.1 Å². The molecule has 1 atom stereocenters. The quantitative estimate of drug-likeness (QED) is 0.771. The predicted octanol–water partition coefficient (Wildman–Crippen LogP) is 3.60. The van der Waals surface area contributed by atoms with E-state index in [-0.39, 0.29) is 16.8 Å². The van der Waals surface area contributed by atoms with Crippen LogP contribution in [-0.4, -0.2) is 29.1 Å². The first-order chi connectivity index (χ1) is 12.2. The molecule has 1 unspecified atom stereocenters. The smallest absolute Gasteiger partial charge is 0.347 e. The van der Waals surface area contributed by atoms with Crippen molar-refractivity contribution in [1.29, 1.82) is 0 Å². The van der Waals surface area contributed by atoms with Crippen molar-refractivity contribution < 1.29 is 19.4 Å². The predicted molar refractivity (Wildman–Crippen MR) is 101 cm³/mol. The SMILES string of the molecule is COc1ccccc1CC(C)(C)C(=O)NC(C)c1nc(C)c(C(=O)O)s1. The van der Waals surface area contributed by atoms with Crippen LogP contribution in [0.1, 0.15) is 52.7 Å². The Morgan fingerprint density at radius 3 is 2.58 bits per heavy atom. The normalized spacial score (nSPS) is 12.5. The summed E-state index contributed by atoms with van der Waals surface area (Å²) < 4.78 is 5.36. The summed E-state index contributed by atoms with van der Waals surface area (Å²) >= 11 is 1.09. The Bertz CT molecular complexity index is 814. The lowest BCUT2D eigenvalue weighted by Crippen LogP contribution is -2.39. The van der Waals surface area contributed by atoms with E-state index in [0.29, 0.717) is 17.1 Å². The lowest BCUT2D eigenvalue weighted by molar-refractivity contribution is -0.130. The topological polar surface area (TPSA) is 88.5 Å². The number of carboxylic acids is 1. The Kier molecular flexibility index (Phi) is 6.02. The molecule has 0 aliphatic carbocycles. The molecule has 0 saturated carbocycles. The second-order valence-corrected chi connectivity index (χ2v) is 7.87. The van der Waals surface area contributed by atoms with Gasteiger partial charge in [-0.3, -0.25) is 4.79 Å². The molecule has 0 radical (unpaired) electrons. The molecule has 26 heavy (non-hydrogen) atoms.